The summed E-state index contributed by atoms with van der Waals surface area (Å²) in [6, 6.07) is 0. The Bertz CT molecular complexity index is 169. The lowest BCUT2D eigenvalue weighted by atomic mass is 9.81. The monoisotopic (exact) mass is 172 g/mol. The second-order valence-electron chi connectivity index (χ2n) is 3.85. The largest absolute Gasteiger partial charge is 0.481 e. The van der Waals surface area contributed by atoms with E-state index < -0.39 is 17.5 Å². The van der Waals surface area contributed by atoms with E-state index in [2.05, 4.69) is 0 Å². The predicted octanol–water partition coefficient (Wildman–Crippen LogP) is 1.40. The van der Waals surface area contributed by atoms with Gasteiger partial charge in [0.1, 0.15) is 0 Å². The first-order chi connectivity index (χ1) is 5.57. The third-order valence-electron chi connectivity index (χ3n) is 2.70. The minimum Gasteiger partial charge on any atom is -0.481 e. The zero-order valence-corrected chi connectivity index (χ0v) is 7.42. The highest BCUT2D eigenvalue weighted by atomic mass is 16.4. The molecule has 3 heteroatoms. The van der Waals surface area contributed by atoms with E-state index >= 15 is 0 Å². The smallest absolute Gasteiger partial charge is 0.309 e. The fourth-order valence-corrected chi connectivity index (χ4v) is 2.12. The summed E-state index contributed by atoms with van der Waals surface area (Å²) in [5.41, 5.74) is -0.617. The highest BCUT2D eigenvalue weighted by molar-refractivity contribution is 5.75. The van der Waals surface area contributed by atoms with Crippen molar-refractivity contribution in [3.05, 3.63) is 0 Å². The highest BCUT2D eigenvalue weighted by Gasteiger charge is 2.41. The Morgan fingerprint density at radius 3 is 2.33 bits per heavy atom. The van der Waals surface area contributed by atoms with Crippen LogP contribution in [0.25, 0.3) is 0 Å². The molecule has 12 heavy (non-hydrogen) atoms. The molecule has 1 fully saturated rings. The zero-order chi connectivity index (χ0) is 9.19. The molecule has 0 bridgehead atoms. The third-order valence-corrected chi connectivity index (χ3v) is 2.70. The fourth-order valence-electron chi connectivity index (χ4n) is 2.12. The van der Waals surface area contributed by atoms with Gasteiger partial charge in [-0.3, -0.25) is 4.79 Å². The molecule has 1 rings (SSSR count). The first-order valence-corrected chi connectivity index (χ1v) is 4.48. The average molecular weight is 172 g/mol. The van der Waals surface area contributed by atoms with E-state index in [-0.39, 0.29) is 0 Å². The minimum atomic E-state index is -0.735. The van der Waals surface area contributed by atoms with E-state index in [1.165, 1.54) is 0 Å². The number of carboxylic acid groups (broad SMARTS) is 1. The summed E-state index contributed by atoms with van der Waals surface area (Å²) >= 11 is 0. The molecule has 1 aliphatic carbocycles. The second-order valence-corrected chi connectivity index (χ2v) is 3.85. The minimum absolute atomic E-state index is 0.405. The van der Waals surface area contributed by atoms with Gasteiger partial charge < -0.3 is 10.2 Å². The van der Waals surface area contributed by atoms with Gasteiger partial charge >= 0.3 is 5.97 Å². The molecule has 0 radical (unpaired) electrons. The first-order valence-electron chi connectivity index (χ1n) is 4.48. The summed E-state index contributed by atoms with van der Waals surface area (Å²) in [5, 5.41) is 18.2. The van der Waals surface area contributed by atoms with Crippen LogP contribution in [-0.2, 0) is 4.79 Å². The molecule has 1 unspecified atom stereocenters. The summed E-state index contributed by atoms with van der Waals surface area (Å²) < 4.78 is 0. The van der Waals surface area contributed by atoms with Crippen LogP contribution in [0.2, 0.25) is 0 Å². The van der Waals surface area contributed by atoms with E-state index in [1.54, 1.807) is 6.92 Å². The molecule has 0 spiro atoms. The Hall–Kier alpha value is -0.570. The maximum atomic E-state index is 10.9. The zero-order valence-electron chi connectivity index (χ0n) is 7.42. The van der Waals surface area contributed by atoms with Gasteiger partial charge in [-0.05, 0) is 26.2 Å². The van der Waals surface area contributed by atoms with Gasteiger partial charge in [0.25, 0.3) is 0 Å². The number of hydrogen-bond acceptors (Lipinski definition) is 2. The average Bonchev–Trinajstić information content (AvgIpc) is 2.35. The van der Waals surface area contributed by atoms with E-state index in [0.29, 0.717) is 6.42 Å². The molecule has 0 aliphatic heterocycles. The fraction of sp³-hybridized carbons (Fsp3) is 0.889. The summed E-state index contributed by atoms with van der Waals surface area (Å²) in [5.74, 6) is -0.735. The Kier molecular flexibility index (Phi) is 2.73. The van der Waals surface area contributed by atoms with Crippen LogP contribution in [0.4, 0.5) is 0 Å². The van der Waals surface area contributed by atoms with Gasteiger partial charge in [0, 0.05) is 0 Å². The molecule has 0 amide bonds. The molecule has 0 aromatic heterocycles. The van der Waals surface area contributed by atoms with Crippen LogP contribution in [0.3, 0.4) is 0 Å². The van der Waals surface area contributed by atoms with E-state index in [4.69, 9.17) is 10.2 Å². The lowest BCUT2D eigenvalue weighted by molar-refractivity contribution is -0.150. The highest BCUT2D eigenvalue weighted by Crippen LogP contribution is 2.42. The molecule has 1 saturated carbocycles. The standard InChI is InChI=1S/C9H16O3/c1-7(10)6-9(8(11)12)4-2-3-5-9/h7,10H,2-6H2,1H3,(H,11,12). The summed E-state index contributed by atoms with van der Waals surface area (Å²) in [7, 11) is 0. The van der Waals surface area contributed by atoms with Crippen LogP contribution in [0.15, 0.2) is 0 Å². The topological polar surface area (TPSA) is 57.5 Å². The number of rotatable bonds is 3. The molecule has 0 aromatic carbocycles. The molecule has 1 atom stereocenters. The third kappa shape index (κ3) is 1.78. The number of aliphatic carboxylic acids is 1. The lowest BCUT2D eigenvalue weighted by Crippen LogP contribution is -2.31. The summed E-state index contributed by atoms with van der Waals surface area (Å²) in [4.78, 5) is 10.9. The van der Waals surface area contributed by atoms with Crippen molar-refractivity contribution < 1.29 is 15.0 Å². The van der Waals surface area contributed by atoms with Crippen molar-refractivity contribution in [3.63, 3.8) is 0 Å². The summed E-state index contributed by atoms with van der Waals surface area (Å²) in [6.07, 6.45) is 3.33. The van der Waals surface area contributed by atoms with Crippen LogP contribution in [-0.4, -0.2) is 22.3 Å². The molecule has 0 heterocycles. The molecule has 3 nitrogen and oxygen atoms in total. The van der Waals surface area contributed by atoms with Crippen LogP contribution >= 0.6 is 0 Å². The maximum absolute atomic E-state index is 10.9. The number of hydrogen-bond donors (Lipinski definition) is 2. The Morgan fingerprint density at radius 1 is 1.50 bits per heavy atom. The van der Waals surface area contributed by atoms with Crippen LogP contribution in [0, 0.1) is 5.41 Å². The number of carboxylic acids is 1. The number of carbonyl (C=O) groups is 1. The van der Waals surface area contributed by atoms with E-state index in [9.17, 15) is 4.79 Å². The molecule has 2 N–H and O–H groups in total. The van der Waals surface area contributed by atoms with Gasteiger partial charge in [0.2, 0.25) is 0 Å². The van der Waals surface area contributed by atoms with Gasteiger partial charge in [-0.25, -0.2) is 0 Å². The van der Waals surface area contributed by atoms with Crippen molar-refractivity contribution in [2.24, 2.45) is 5.41 Å². The van der Waals surface area contributed by atoms with E-state index in [0.717, 1.165) is 25.7 Å². The first kappa shape index (κ1) is 9.52. The lowest BCUT2D eigenvalue weighted by Gasteiger charge is -2.24. The van der Waals surface area contributed by atoms with E-state index in [1.807, 2.05) is 0 Å². The van der Waals surface area contributed by atoms with Gasteiger partial charge in [0.15, 0.2) is 0 Å². The van der Waals surface area contributed by atoms with Crippen LogP contribution < -0.4 is 0 Å². The predicted molar refractivity (Wildman–Crippen MR) is 44.8 cm³/mol. The molecule has 70 valence electrons. The molecule has 0 saturated heterocycles. The van der Waals surface area contributed by atoms with Gasteiger partial charge in [-0.15, -0.1) is 0 Å². The van der Waals surface area contributed by atoms with Crippen molar-refractivity contribution >= 4 is 5.97 Å². The normalized spacial score (nSPS) is 23.8. The Balaban J connectivity index is 2.65. The van der Waals surface area contributed by atoms with Gasteiger partial charge in [0.05, 0.1) is 11.5 Å². The van der Waals surface area contributed by atoms with Crippen molar-refractivity contribution in [3.8, 4) is 0 Å². The van der Waals surface area contributed by atoms with Gasteiger partial charge in [-0.1, -0.05) is 12.8 Å². The SMILES string of the molecule is CC(O)CC1(C(=O)O)CCCC1. The van der Waals surface area contributed by atoms with Gasteiger partial charge in [-0.2, -0.15) is 0 Å². The van der Waals surface area contributed by atoms with Crippen molar-refractivity contribution in [2.45, 2.75) is 45.1 Å². The Labute approximate surface area is 72.4 Å². The number of aliphatic hydroxyl groups excluding tert-OH is 1. The van der Waals surface area contributed by atoms with Crippen LogP contribution in [0.5, 0.6) is 0 Å². The maximum Gasteiger partial charge on any atom is 0.309 e. The second kappa shape index (κ2) is 3.44. The number of aliphatic hydroxyl groups is 1. The molecule has 0 aromatic rings. The molecule has 1 aliphatic rings. The quantitative estimate of drug-likeness (QED) is 0.676. The summed E-state index contributed by atoms with van der Waals surface area (Å²) in [6.45, 7) is 1.66. The Morgan fingerprint density at radius 2 is 2.00 bits per heavy atom. The molecular weight excluding hydrogens is 156 g/mol. The van der Waals surface area contributed by atoms with Crippen molar-refractivity contribution in [1.82, 2.24) is 0 Å². The molecular formula is C9H16O3. The van der Waals surface area contributed by atoms with Crippen molar-refractivity contribution in [2.75, 3.05) is 0 Å². The van der Waals surface area contributed by atoms with Crippen LogP contribution in [0.1, 0.15) is 39.0 Å². The van der Waals surface area contributed by atoms with Crippen molar-refractivity contribution in [1.29, 1.82) is 0 Å².